The van der Waals surface area contributed by atoms with Crippen LogP contribution in [0.2, 0.25) is 0 Å². The molecule has 1 fully saturated rings. The highest BCUT2D eigenvalue weighted by atomic mass is 19.1. The molecular weight excluding hydrogens is 195 g/mol. The number of methoxy groups -OCH3 is 1. The van der Waals surface area contributed by atoms with Gasteiger partial charge in [-0.3, -0.25) is 0 Å². The fraction of sp³-hybridized carbons (Fsp3) is 0.500. The Balaban J connectivity index is 2.35. The zero-order valence-electron chi connectivity index (χ0n) is 8.90. The molecule has 0 radical (unpaired) electrons. The van der Waals surface area contributed by atoms with Crippen molar-refractivity contribution in [1.29, 1.82) is 0 Å². The summed E-state index contributed by atoms with van der Waals surface area (Å²) in [5.41, 5.74) is 0.609. The van der Waals surface area contributed by atoms with Gasteiger partial charge in [-0.25, -0.2) is 4.39 Å². The highest BCUT2D eigenvalue weighted by molar-refractivity contribution is 5.39. The van der Waals surface area contributed by atoms with Gasteiger partial charge < -0.3 is 9.84 Å². The molecule has 0 heterocycles. The van der Waals surface area contributed by atoms with Gasteiger partial charge in [0.05, 0.1) is 13.2 Å². The van der Waals surface area contributed by atoms with Crippen molar-refractivity contribution in [2.45, 2.75) is 25.4 Å². The summed E-state index contributed by atoms with van der Waals surface area (Å²) in [6.07, 6.45) is 0.317. The predicted octanol–water partition coefficient (Wildman–Crippen LogP) is 2.32. The molecule has 0 saturated heterocycles. The van der Waals surface area contributed by atoms with E-state index in [0.717, 1.165) is 0 Å². The van der Waals surface area contributed by atoms with Crippen LogP contribution in [0.15, 0.2) is 18.2 Å². The van der Waals surface area contributed by atoms with Gasteiger partial charge in [0, 0.05) is 5.56 Å². The van der Waals surface area contributed by atoms with Crippen molar-refractivity contribution < 1.29 is 14.2 Å². The van der Waals surface area contributed by atoms with Gasteiger partial charge >= 0.3 is 0 Å². The molecule has 2 nitrogen and oxygen atoms in total. The lowest BCUT2D eigenvalue weighted by Gasteiger charge is -2.40. The molecule has 1 N–H and O–H groups in total. The molecule has 3 heteroatoms. The Morgan fingerprint density at radius 3 is 2.73 bits per heavy atom. The summed E-state index contributed by atoms with van der Waals surface area (Å²) in [5, 5.41) is 9.44. The molecule has 15 heavy (non-hydrogen) atoms. The Labute approximate surface area is 88.7 Å². The first-order valence-electron chi connectivity index (χ1n) is 5.15. The van der Waals surface area contributed by atoms with E-state index >= 15 is 0 Å². The summed E-state index contributed by atoms with van der Waals surface area (Å²) in [4.78, 5) is 0. The van der Waals surface area contributed by atoms with E-state index in [4.69, 9.17) is 4.74 Å². The van der Waals surface area contributed by atoms with E-state index in [1.54, 1.807) is 12.1 Å². The average Bonchev–Trinajstić information content (AvgIpc) is 2.25. The summed E-state index contributed by atoms with van der Waals surface area (Å²) >= 11 is 0. The van der Waals surface area contributed by atoms with Crippen LogP contribution in [-0.2, 0) is 0 Å². The number of aliphatic hydroxyl groups excluding tert-OH is 1. The molecule has 1 saturated carbocycles. The van der Waals surface area contributed by atoms with Crippen LogP contribution in [0.1, 0.15) is 24.8 Å². The van der Waals surface area contributed by atoms with Gasteiger partial charge in [0.15, 0.2) is 0 Å². The highest BCUT2D eigenvalue weighted by Gasteiger charge is 2.40. The van der Waals surface area contributed by atoms with Crippen molar-refractivity contribution in [3.05, 3.63) is 29.6 Å². The molecule has 1 aliphatic carbocycles. The topological polar surface area (TPSA) is 29.5 Å². The lowest BCUT2D eigenvalue weighted by atomic mass is 9.68. The fourth-order valence-electron chi connectivity index (χ4n) is 2.20. The van der Waals surface area contributed by atoms with Crippen LogP contribution in [0.25, 0.3) is 0 Å². The van der Waals surface area contributed by atoms with Gasteiger partial charge in [-0.2, -0.15) is 0 Å². The maximum atomic E-state index is 13.6. The Kier molecular flexibility index (Phi) is 2.65. The first kappa shape index (κ1) is 10.4. The van der Waals surface area contributed by atoms with E-state index in [1.807, 2.05) is 6.92 Å². The summed E-state index contributed by atoms with van der Waals surface area (Å²) in [6.45, 7) is 1.94. The minimum Gasteiger partial charge on any atom is -0.496 e. The van der Waals surface area contributed by atoms with Crippen molar-refractivity contribution in [1.82, 2.24) is 0 Å². The summed E-state index contributed by atoms with van der Waals surface area (Å²) in [6, 6.07) is 4.84. The predicted molar refractivity (Wildman–Crippen MR) is 55.5 cm³/mol. The maximum Gasteiger partial charge on any atom is 0.130 e. The standard InChI is InChI=1S/C12H15FO2/c1-7-8(6-10(7)14)12-9(13)4-3-5-11(12)15-2/h3-5,7-8,10,14H,6H2,1-2H3. The lowest BCUT2D eigenvalue weighted by Crippen LogP contribution is -2.38. The summed E-state index contributed by atoms with van der Waals surface area (Å²) < 4.78 is 18.8. The minimum atomic E-state index is -0.306. The first-order valence-corrected chi connectivity index (χ1v) is 5.15. The number of hydrogen-bond donors (Lipinski definition) is 1. The van der Waals surface area contributed by atoms with Gasteiger partial charge in [0.1, 0.15) is 11.6 Å². The molecule has 1 aromatic rings. The average molecular weight is 210 g/mol. The summed E-state index contributed by atoms with van der Waals surface area (Å²) in [5.74, 6) is 0.531. The number of ether oxygens (including phenoxy) is 1. The number of hydrogen-bond acceptors (Lipinski definition) is 2. The number of benzene rings is 1. The molecule has 0 aromatic heterocycles. The van der Waals surface area contributed by atoms with E-state index in [1.165, 1.54) is 13.2 Å². The Hall–Kier alpha value is -1.09. The van der Waals surface area contributed by atoms with Crippen molar-refractivity contribution in [2.75, 3.05) is 7.11 Å². The van der Waals surface area contributed by atoms with Gasteiger partial charge in [0.2, 0.25) is 0 Å². The second-order valence-electron chi connectivity index (χ2n) is 4.12. The Morgan fingerprint density at radius 2 is 2.20 bits per heavy atom. The second-order valence-corrected chi connectivity index (χ2v) is 4.12. The van der Waals surface area contributed by atoms with Gasteiger partial charge in [0.25, 0.3) is 0 Å². The van der Waals surface area contributed by atoms with Crippen LogP contribution in [0.5, 0.6) is 5.75 Å². The molecule has 1 aromatic carbocycles. The fourth-order valence-corrected chi connectivity index (χ4v) is 2.20. The summed E-state index contributed by atoms with van der Waals surface area (Å²) in [7, 11) is 1.54. The normalized spacial score (nSPS) is 29.7. The molecule has 3 atom stereocenters. The smallest absolute Gasteiger partial charge is 0.130 e. The van der Waals surface area contributed by atoms with Crippen molar-refractivity contribution in [3.63, 3.8) is 0 Å². The van der Waals surface area contributed by atoms with Gasteiger partial charge in [-0.1, -0.05) is 13.0 Å². The molecule has 0 aliphatic heterocycles. The van der Waals surface area contributed by atoms with Crippen molar-refractivity contribution >= 4 is 0 Å². The zero-order valence-corrected chi connectivity index (χ0v) is 8.90. The largest absolute Gasteiger partial charge is 0.496 e. The maximum absolute atomic E-state index is 13.6. The van der Waals surface area contributed by atoms with E-state index in [-0.39, 0.29) is 23.8 Å². The minimum absolute atomic E-state index is 0.0798. The third-order valence-electron chi connectivity index (χ3n) is 3.34. The van der Waals surface area contributed by atoms with Crippen molar-refractivity contribution in [2.24, 2.45) is 5.92 Å². The molecule has 0 bridgehead atoms. The molecule has 1 aliphatic rings. The lowest BCUT2D eigenvalue weighted by molar-refractivity contribution is 0.00980. The third kappa shape index (κ3) is 1.61. The van der Waals surface area contributed by atoms with Crippen molar-refractivity contribution in [3.8, 4) is 5.75 Å². The Bertz CT molecular complexity index is 365. The van der Waals surface area contributed by atoms with E-state index < -0.39 is 0 Å². The second kappa shape index (κ2) is 3.81. The molecule has 3 unspecified atom stereocenters. The molecule has 2 rings (SSSR count). The molecule has 0 spiro atoms. The van der Waals surface area contributed by atoms with Crippen LogP contribution in [0, 0.1) is 11.7 Å². The number of halogens is 1. The highest BCUT2D eigenvalue weighted by Crippen LogP contribution is 2.46. The quantitative estimate of drug-likeness (QED) is 0.811. The zero-order chi connectivity index (χ0) is 11.0. The van der Waals surface area contributed by atoms with Crippen LogP contribution < -0.4 is 4.74 Å². The number of rotatable bonds is 2. The SMILES string of the molecule is COc1cccc(F)c1C1CC(O)C1C. The van der Waals surface area contributed by atoms with Gasteiger partial charge in [-0.15, -0.1) is 0 Å². The van der Waals surface area contributed by atoms with E-state index in [0.29, 0.717) is 17.7 Å². The van der Waals surface area contributed by atoms with E-state index in [2.05, 4.69) is 0 Å². The number of aliphatic hydroxyl groups is 1. The van der Waals surface area contributed by atoms with E-state index in [9.17, 15) is 9.50 Å². The van der Waals surface area contributed by atoms with Crippen LogP contribution in [0.4, 0.5) is 4.39 Å². The van der Waals surface area contributed by atoms with Crippen LogP contribution in [0.3, 0.4) is 0 Å². The van der Waals surface area contributed by atoms with Gasteiger partial charge in [-0.05, 0) is 30.4 Å². The third-order valence-corrected chi connectivity index (χ3v) is 3.34. The first-order chi connectivity index (χ1) is 7.15. The molecular formula is C12H15FO2. The Morgan fingerprint density at radius 1 is 1.47 bits per heavy atom. The van der Waals surface area contributed by atoms with Crippen LogP contribution in [-0.4, -0.2) is 18.3 Å². The molecule has 0 amide bonds. The molecule has 82 valence electrons. The van der Waals surface area contributed by atoms with Crippen LogP contribution >= 0.6 is 0 Å². The monoisotopic (exact) mass is 210 g/mol.